The Morgan fingerprint density at radius 2 is 2.14 bits per heavy atom. The minimum Gasteiger partial charge on any atom is -0.305 e. The van der Waals surface area contributed by atoms with Crippen LogP contribution in [0.2, 0.25) is 0 Å². The molecule has 0 aromatic carbocycles. The molecule has 7 nitrogen and oxygen atoms in total. The van der Waals surface area contributed by atoms with Crippen molar-refractivity contribution in [1.29, 1.82) is 0 Å². The number of thiazole rings is 1. The summed E-state index contributed by atoms with van der Waals surface area (Å²) >= 11 is 1.61. The third-order valence-corrected chi connectivity index (χ3v) is 4.08. The Bertz CT molecular complexity index is 991. The Kier molecular flexibility index (Phi) is 2.51. The van der Waals surface area contributed by atoms with Crippen LogP contribution in [-0.4, -0.2) is 29.4 Å². The van der Waals surface area contributed by atoms with E-state index >= 15 is 0 Å². The van der Waals surface area contributed by atoms with Gasteiger partial charge in [0, 0.05) is 30.2 Å². The zero-order chi connectivity index (χ0) is 14.4. The van der Waals surface area contributed by atoms with E-state index in [0.29, 0.717) is 5.65 Å². The average molecular weight is 298 g/mol. The van der Waals surface area contributed by atoms with E-state index in [1.54, 1.807) is 39.1 Å². The van der Waals surface area contributed by atoms with E-state index in [1.807, 2.05) is 19.3 Å². The number of aryl methyl sites for hydroxylation is 1. The zero-order valence-corrected chi connectivity index (χ0v) is 11.8. The molecule has 0 saturated carbocycles. The van der Waals surface area contributed by atoms with Crippen LogP contribution in [-0.2, 0) is 0 Å². The van der Waals surface area contributed by atoms with Gasteiger partial charge in [0.2, 0.25) is 0 Å². The maximum Gasteiger partial charge on any atom is 0.251 e. The molecular formula is C13H10N6OS. The number of aromatic nitrogens is 6. The first kappa shape index (κ1) is 12.0. The fraction of sp³-hybridized carbons (Fsp3) is 0.0769. The van der Waals surface area contributed by atoms with Gasteiger partial charge in [0.05, 0.1) is 22.3 Å². The van der Waals surface area contributed by atoms with Crippen molar-refractivity contribution in [3.63, 3.8) is 0 Å². The molecule has 0 spiro atoms. The highest BCUT2D eigenvalue weighted by Gasteiger charge is 2.10. The highest BCUT2D eigenvalue weighted by molar-refractivity contribution is 7.15. The maximum absolute atomic E-state index is 11.5. The first-order valence-electron chi connectivity index (χ1n) is 6.25. The number of rotatable bonds is 2. The number of aromatic amines is 1. The van der Waals surface area contributed by atoms with Gasteiger partial charge in [-0.1, -0.05) is 0 Å². The molecular weight excluding hydrogens is 288 g/mol. The van der Waals surface area contributed by atoms with Crippen LogP contribution in [0.5, 0.6) is 0 Å². The molecule has 104 valence electrons. The van der Waals surface area contributed by atoms with E-state index in [4.69, 9.17) is 0 Å². The number of hydrogen-bond acceptors (Lipinski definition) is 5. The first-order valence-corrected chi connectivity index (χ1v) is 7.07. The molecule has 0 atom stereocenters. The van der Waals surface area contributed by atoms with Gasteiger partial charge in [-0.3, -0.25) is 4.79 Å². The normalized spacial score (nSPS) is 11.3. The van der Waals surface area contributed by atoms with E-state index in [-0.39, 0.29) is 5.56 Å². The SMILES string of the molecule is Cc1ncc(-c2cnn(-c3cnn4ccc(=O)[nH]c34)c2)s1. The lowest BCUT2D eigenvalue weighted by molar-refractivity contribution is 0.883. The molecule has 0 aliphatic heterocycles. The smallest absolute Gasteiger partial charge is 0.251 e. The summed E-state index contributed by atoms with van der Waals surface area (Å²) in [5, 5.41) is 9.55. The van der Waals surface area contributed by atoms with Crippen LogP contribution in [0.15, 0.2) is 41.8 Å². The largest absolute Gasteiger partial charge is 0.305 e. The molecule has 0 unspecified atom stereocenters. The Labute approximate surface area is 122 Å². The predicted molar refractivity (Wildman–Crippen MR) is 78.8 cm³/mol. The van der Waals surface area contributed by atoms with Crippen molar-refractivity contribution in [3.05, 3.63) is 52.4 Å². The van der Waals surface area contributed by atoms with Crippen LogP contribution in [0.1, 0.15) is 5.01 Å². The van der Waals surface area contributed by atoms with Gasteiger partial charge in [0.1, 0.15) is 5.69 Å². The monoisotopic (exact) mass is 298 g/mol. The molecule has 0 aliphatic rings. The van der Waals surface area contributed by atoms with Crippen molar-refractivity contribution in [2.45, 2.75) is 6.92 Å². The average Bonchev–Trinajstić information content (AvgIpc) is 3.16. The van der Waals surface area contributed by atoms with Gasteiger partial charge in [-0.15, -0.1) is 11.3 Å². The molecule has 0 saturated heterocycles. The van der Waals surface area contributed by atoms with Gasteiger partial charge in [-0.25, -0.2) is 14.2 Å². The number of hydrogen-bond donors (Lipinski definition) is 1. The predicted octanol–water partition coefficient (Wildman–Crippen LogP) is 1.64. The summed E-state index contributed by atoms with van der Waals surface area (Å²) < 4.78 is 3.30. The van der Waals surface area contributed by atoms with E-state index < -0.39 is 0 Å². The van der Waals surface area contributed by atoms with Gasteiger partial charge in [-0.2, -0.15) is 10.2 Å². The van der Waals surface area contributed by atoms with Crippen molar-refractivity contribution < 1.29 is 0 Å². The Morgan fingerprint density at radius 1 is 1.24 bits per heavy atom. The molecule has 4 rings (SSSR count). The van der Waals surface area contributed by atoms with E-state index in [1.165, 1.54) is 6.07 Å². The lowest BCUT2D eigenvalue weighted by Gasteiger charge is -1.97. The zero-order valence-electron chi connectivity index (χ0n) is 11.0. The summed E-state index contributed by atoms with van der Waals surface area (Å²) in [7, 11) is 0. The van der Waals surface area contributed by atoms with Crippen molar-refractivity contribution in [3.8, 4) is 16.1 Å². The van der Waals surface area contributed by atoms with Gasteiger partial charge < -0.3 is 4.98 Å². The molecule has 4 heterocycles. The lowest BCUT2D eigenvalue weighted by Crippen LogP contribution is -2.07. The Balaban J connectivity index is 1.84. The van der Waals surface area contributed by atoms with Crippen LogP contribution in [0, 0.1) is 6.92 Å². The fourth-order valence-electron chi connectivity index (χ4n) is 2.13. The van der Waals surface area contributed by atoms with E-state index in [0.717, 1.165) is 21.1 Å². The van der Waals surface area contributed by atoms with Crippen LogP contribution < -0.4 is 5.56 Å². The summed E-state index contributed by atoms with van der Waals surface area (Å²) in [5.41, 5.74) is 2.14. The quantitative estimate of drug-likeness (QED) is 0.610. The molecule has 0 aliphatic carbocycles. The first-order chi connectivity index (χ1) is 10.2. The summed E-state index contributed by atoms with van der Waals surface area (Å²) in [6, 6.07) is 1.43. The molecule has 4 aromatic rings. The van der Waals surface area contributed by atoms with Crippen LogP contribution in [0.4, 0.5) is 0 Å². The van der Waals surface area contributed by atoms with Gasteiger partial charge >= 0.3 is 0 Å². The van der Waals surface area contributed by atoms with Gasteiger partial charge in [-0.05, 0) is 6.92 Å². The van der Waals surface area contributed by atoms with Crippen molar-refractivity contribution in [2.75, 3.05) is 0 Å². The maximum atomic E-state index is 11.5. The minimum atomic E-state index is -0.172. The number of nitrogens with zero attached hydrogens (tertiary/aromatic N) is 5. The van der Waals surface area contributed by atoms with Gasteiger partial charge in [0.25, 0.3) is 5.56 Å². The third kappa shape index (κ3) is 1.96. The van der Waals surface area contributed by atoms with E-state index in [9.17, 15) is 4.79 Å². The van der Waals surface area contributed by atoms with Crippen molar-refractivity contribution >= 4 is 17.0 Å². The summed E-state index contributed by atoms with van der Waals surface area (Å²) in [6.07, 6.45) is 8.79. The number of H-pyrrole nitrogens is 1. The molecule has 21 heavy (non-hydrogen) atoms. The fourth-order valence-corrected chi connectivity index (χ4v) is 2.88. The number of nitrogens with one attached hydrogen (secondary N) is 1. The Hall–Kier alpha value is -2.74. The molecule has 1 N–H and O–H groups in total. The van der Waals surface area contributed by atoms with Crippen molar-refractivity contribution in [1.82, 2.24) is 29.4 Å². The summed E-state index contributed by atoms with van der Waals surface area (Å²) in [5.74, 6) is 0. The van der Waals surface area contributed by atoms with Gasteiger partial charge in [0.15, 0.2) is 5.65 Å². The summed E-state index contributed by atoms with van der Waals surface area (Å²) in [6.45, 7) is 1.97. The highest BCUT2D eigenvalue weighted by atomic mass is 32.1. The highest BCUT2D eigenvalue weighted by Crippen LogP contribution is 2.26. The van der Waals surface area contributed by atoms with Crippen LogP contribution in [0.25, 0.3) is 21.8 Å². The van der Waals surface area contributed by atoms with Crippen molar-refractivity contribution in [2.24, 2.45) is 0 Å². The van der Waals surface area contributed by atoms with Crippen LogP contribution >= 0.6 is 11.3 Å². The molecule has 0 bridgehead atoms. The topological polar surface area (TPSA) is 80.9 Å². The van der Waals surface area contributed by atoms with Crippen LogP contribution in [0.3, 0.4) is 0 Å². The van der Waals surface area contributed by atoms with E-state index in [2.05, 4.69) is 20.2 Å². The molecule has 8 heteroatoms. The molecule has 4 aromatic heterocycles. The third-order valence-electron chi connectivity index (χ3n) is 3.12. The second-order valence-corrected chi connectivity index (χ2v) is 5.78. The Morgan fingerprint density at radius 3 is 2.95 bits per heavy atom. The second-order valence-electron chi connectivity index (χ2n) is 4.55. The standard InChI is InChI=1S/C13H10N6OS/c1-8-14-6-11(21-8)9-4-15-19(7-9)10-5-16-18-3-2-12(20)17-13(10)18/h2-7H,1H3,(H,17,20). The number of fused-ring (bicyclic) bond motifs is 1. The molecule has 0 fully saturated rings. The molecule has 0 radical (unpaired) electrons. The lowest BCUT2D eigenvalue weighted by atomic mass is 10.3. The minimum absolute atomic E-state index is 0.172. The second kappa shape index (κ2) is 4.38. The molecule has 0 amide bonds. The summed E-state index contributed by atoms with van der Waals surface area (Å²) in [4.78, 5) is 19.5.